The molecule has 0 aliphatic carbocycles. The maximum Gasteiger partial charge on any atom is 0.147 e. The summed E-state index contributed by atoms with van der Waals surface area (Å²) in [4.78, 5) is 20.6. The van der Waals surface area contributed by atoms with Gasteiger partial charge < -0.3 is 20.0 Å². The highest BCUT2D eigenvalue weighted by atomic mass is 35.5. The molecule has 34 heavy (non-hydrogen) atoms. The molecule has 0 saturated heterocycles. The number of nitrogens with zero attached hydrogens (tertiary/aromatic N) is 6. The lowest BCUT2D eigenvalue weighted by atomic mass is 9.87. The minimum absolute atomic E-state index is 0.143. The van der Waals surface area contributed by atoms with Crippen molar-refractivity contribution in [1.82, 2.24) is 19.9 Å². The monoisotopic (exact) mass is 477 g/mol. The number of nitrogens with one attached hydrogen (secondary N) is 1. The highest BCUT2D eigenvalue weighted by Gasteiger charge is 2.35. The van der Waals surface area contributed by atoms with E-state index in [0.717, 1.165) is 61.2 Å². The van der Waals surface area contributed by atoms with Gasteiger partial charge in [0.05, 0.1) is 17.3 Å². The summed E-state index contributed by atoms with van der Waals surface area (Å²) in [6.45, 7) is 9.23. The summed E-state index contributed by atoms with van der Waals surface area (Å²) in [7, 11) is 4.25. The van der Waals surface area contributed by atoms with E-state index in [9.17, 15) is 0 Å². The van der Waals surface area contributed by atoms with Gasteiger partial charge in [0.2, 0.25) is 0 Å². The Labute approximate surface area is 206 Å². The smallest absolute Gasteiger partial charge is 0.147 e. The van der Waals surface area contributed by atoms with Gasteiger partial charge in [-0.05, 0) is 50.3 Å². The Morgan fingerprint density at radius 2 is 2.00 bits per heavy atom. The van der Waals surface area contributed by atoms with Gasteiger partial charge in [-0.2, -0.15) is 0 Å². The van der Waals surface area contributed by atoms with Crippen LogP contribution in [0.2, 0.25) is 5.02 Å². The second-order valence-corrected chi connectivity index (χ2v) is 10.5. The maximum atomic E-state index is 6.39. The third-order valence-electron chi connectivity index (χ3n) is 6.78. The fourth-order valence-corrected chi connectivity index (χ4v) is 5.24. The summed E-state index contributed by atoms with van der Waals surface area (Å²) < 4.78 is 0. The second kappa shape index (κ2) is 9.04. The first-order chi connectivity index (χ1) is 16.3. The first-order valence-electron chi connectivity index (χ1n) is 11.8. The van der Waals surface area contributed by atoms with Crippen LogP contribution in [0.4, 0.5) is 23.0 Å². The quantitative estimate of drug-likeness (QED) is 0.561. The molecule has 0 amide bonds. The zero-order valence-electron chi connectivity index (χ0n) is 20.3. The van der Waals surface area contributed by atoms with Gasteiger partial charge in [-0.15, -0.1) is 0 Å². The summed E-state index contributed by atoms with van der Waals surface area (Å²) in [6.07, 6.45) is 4.25. The van der Waals surface area contributed by atoms with Gasteiger partial charge >= 0.3 is 0 Å². The average Bonchev–Trinajstić information content (AvgIpc) is 3.07. The van der Waals surface area contributed by atoms with E-state index in [1.165, 1.54) is 11.3 Å². The topological polar surface area (TPSA) is 60.4 Å². The molecule has 2 aliphatic rings. The van der Waals surface area contributed by atoms with Crippen molar-refractivity contribution in [3.05, 3.63) is 64.7 Å². The summed E-state index contributed by atoms with van der Waals surface area (Å²) in [5, 5.41) is 4.26. The Balaban J connectivity index is 1.39. The number of likely N-dealkylation sites (N-methyl/N-ethyl adjacent to an activating group) is 1. The van der Waals surface area contributed by atoms with E-state index in [2.05, 4.69) is 81.1 Å². The van der Waals surface area contributed by atoms with E-state index >= 15 is 0 Å². The van der Waals surface area contributed by atoms with Crippen LogP contribution in [0, 0.1) is 0 Å². The van der Waals surface area contributed by atoms with Crippen molar-refractivity contribution in [3.63, 3.8) is 0 Å². The summed E-state index contributed by atoms with van der Waals surface area (Å²) in [5.41, 5.74) is 6.10. The molecule has 0 atom stereocenters. The fraction of sp³-hybridized carbons (Fsp3) is 0.423. The van der Waals surface area contributed by atoms with Crippen molar-refractivity contribution in [2.24, 2.45) is 0 Å². The number of fused-ring (bicyclic) bond motifs is 2. The molecular weight excluding hydrogens is 446 g/mol. The molecule has 7 nitrogen and oxygen atoms in total. The largest absolute Gasteiger partial charge is 0.369 e. The number of aromatic nitrogens is 3. The Kier molecular flexibility index (Phi) is 6.08. The zero-order chi connectivity index (χ0) is 23.9. The molecule has 0 bridgehead atoms. The van der Waals surface area contributed by atoms with E-state index in [1.54, 1.807) is 12.5 Å². The van der Waals surface area contributed by atoms with Gasteiger partial charge in [0.25, 0.3) is 0 Å². The summed E-state index contributed by atoms with van der Waals surface area (Å²) >= 11 is 6.39. The summed E-state index contributed by atoms with van der Waals surface area (Å²) in [5.74, 6) is 1.69. The zero-order valence-corrected chi connectivity index (χ0v) is 21.1. The minimum Gasteiger partial charge on any atom is -0.369 e. The van der Waals surface area contributed by atoms with Crippen molar-refractivity contribution < 1.29 is 0 Å². The van der Waals surface area contributed by atoms with E-state index in [4.69, 9.17) is 11.6 Å². The lowest BCUT2D eigenvalue weighted by molar-refractivity contribution is 0.409. The lowest BCUT2D eigenvalue weighted by Gasteiger charge is -2.30. The van der Waals surface area contributed by atoms with Crippen LogP contribution >= 0.6 is 11.6 Å². The average molecular weight is 478 g/mol. The minimum atomic E-state index is 0.143. The first kappa shape index (κ1) is 22.9. The van der Waals surface area contributed by atoms with Crippen molar-refractivity contribution >= 4 is 34.6 Å². The van der Waals surface area contributed by atoms with Crippen LogP contribution in [0.1, 0.15) is 30.7 Å². The standard InChI is InChI=1S/C26H32ClN7/c1-26(2)16-34(13-12-32(3)4)23-14-18(7-8-20(23)26)31-24-19-9-11-33(15-22(19)29-17-30-24)25-21(27)6-5-10-28-25/h5-8,10,14,17H,9,11-13,15-16H2,1-4H3,(H,29,30,31). The molecule has 0 fully saturated rings. The molecule has 1 N–H and O–H groups in total. The van der Waals surface area contributed by atoms with Crippen LogP contribution in [-0.2, 0) is 18.4 Å². The molecule has 2 aromatic heterocycles. The molecule has 8 heteroatoms. The lowest BCUT2D eigenvalue weighted by Crippen LogP contribution is -2.34. The normalized spacial score (nSPS) is 16.5. The molecule has 178 valence electrons. The van der Waals surface area contributed by atoms with Crippen molar-refractivity contribution in [1.29, 1.82) is 0 Å². The Morgan fingerprint density at radius 3 is 2.79 bits per heavy atom. The maximum absolute atomic E-state index is 6.39. The van der Waals surface area contributed by atoms with Gasteiger partial charge in [-0.25, -0.2) is 15.0 Å². The van der Waals surface area contributed by atoms with Gasteiger partial charge in [0, 0.05) is 54.7 Å². The van der Waals surface area contributed by atoms with Gasteiger partial charge in [-0.1, -0.05) is 31.5 Å². The first-order valence-corrected chi connectivity index (χ1v) is 12.2. The predicted octanol–water partition coefficient (Wildman–Crippen LogP) is 4.49. The highest BCUT2D eigenvalue weighted by molar-refractivity contribution is 6.32. The van der Waals surface area contributed by atoms with Crippen LogP contribution in [-0.4, -0.2) is 60.1 Å². The van der Waals surface area contributed by atoms with Crippen LogP contribution in [0.25, 0.3) is 0 Å². The summed E-state index contributed by atoms with van der Waals surface area (Å²) in [6, 6.07) is 10.5. The Bertz CT molecular complexity index is 1190. The predicted molar refractivity (Wildman–Crippen MR) is 140 cm³/mol. The number of hydrogen-bond donors (Lipinski definition) is 1. The van der Waals surface area contributed by atoms with Gasteiger partial charge in [-0.3, -0.25) is 0 Å². The van der Waals surface area contributed by atoms with E-state index in [0.29, 0.717) is 11.6 Å². The third kappa shape index (κ3) is 4.42. The molecular formula is C26H32ClN7. The number of pyridine rings is 1. The highest BCUT2D eigenvalue weighted by Crippen LogP contribution is 2.42. The van der Waals surface area contributed by atoms with Crippen molar-refractivity contribution in [2.75, 3.05) is 55.4 Å². The molecule has 3 aromatic rings. The second-order valence-electron chi connectivity index (χ2n) is 10.1. The van der Waals surface area contributed by atoms with Crippen LogP contribution in [0.3, 0.4) is 0 Å². The molecule has 0 unspecified atom stereocenters. The number of halogens is 1. The molecule has 0 saturated carbocycles. The van der Waals surface area contributed by atoms with E-state index < -0.39 is 0 Å². The fourth-order valence-electron chi connectivity index (χ4n) is 5.00. The van der Waals surface area contributed by atoms with Crippen molar-refractivity contribution in [3.8, 4) is 0 Å². The number of hydrogen-bond acceptors (Lipinski definition) is 7. The van der Waals surface area contributed by atoms with Crippen LogP contribution in [0.5, 0.6) is 0 Å². The van der Waals surface area contributed by atoms with Crippen LogP contribution in [0.15, 0.2) is 42.9 Å². The van der Waals surface area contributed by atoms with Crippen molar-refractivity contribution in [2.45, 2.75) is 32.2 Å². The third-order valence-corrected chi connectivity index (χ3v) is 7.07. The molecule has 2 aliphatic heterocycles. The molecule has 1 aromatic carbocycles. The number of benzene rings is 1. The molecule has 0 spiro atoms. The molecule has 4 heterocycles. The van der Waals surface area contributed by atoms with E-state index in [-0.39, 0.29) is 5.41 Å². The Morgan fingerprint density at radius 1 is 1.15 bits per heavy atom. The number of anilines is 4. The van der Waals surface area contributed by atoms with E-state index in [1.807, 2.05) is 12.1 Å². The molecule has 5 rings (SSSR count). The van der Waals surface area contributed by atoms with Gasteiger partial charge in [0.15, 0.2) is 0 Å². The SMILES string of the molecule is CN(C)CCN1CC(C)(C)c2ccc(Nc3ncnc4c3CCN(c3ncccc3Cl)C4)cc21. The number of rotatable bonds is 6. The van der Waals surface area contributed by atoms with Gasteiger partial charge in [0.1, 0.15) is 18.0 Å². The molecule has 0 radical (unpaired) electrons. The Hall–Kier alpha value is -2.90. The van der Waals surface area contributed by atoms with Crippen LogP contribution < -0.4 is 15.1 Å².